The Hall–Kier alpha value is -1.32. The van der Waals surface area contributed by atoms with E-state index in [2.05, 4.69) is 9.71 Å². The number of nitrogens with one attached hydrogen (secondary N) is 1. The number of fused-ring (bicyclic) bond motifs is 1. The lowest BCUT2D eigenvalue weighted by Crippen LogP contribution is -2.23. The van der Waals surface area contributed by atoms with E-state index in [9.17, 15) is 8.42 Å². The van der Waals surface area contributed by atoms with Crippen LogP contribution in [0.2, 0.25) is 0 Å². The SMILES string of the molecule is NCc1sc2ccccc2c1S(=O)(=O)NCc1cncs1. The summed E-state index contributed by atoms with van der Waals surface area (Å²) in [7, 11) is -3.60. The minimum atomic E-state index is -3.60. The van der Waals surface area contributed by atoms with Crippen molar-refractivity contribution in [2.45, 2.75) is 18.0 Å². The monoisotopic (exact) mass is 339 g/mol. The summed E-state index contributed by atoms with van der Waals surface area (Å²) in [5.41, 5.74) is 7.39. The van der Waals surface area contributed by atoms with Crippen molar-refractivity contribution in [1.82, 2.24) is 9.71 Å². The third-order valence-corrected chi connectivity index (χ3v) is 6.62. The maximum Gasteiger partial charge on any atom is 0.242 e. The molecule has 0 aliphatic rings. The molecule has 0 saturated heterocycles. The summed E-state index contributed by atoms with van der Waals surface area (Å²) in [6.07, 6.45) is 1.66. The first-order valence-electron chi connectivity index (χ1n) is 6.19. The molecule has 0 bridgehead atoms. The molecule has 8 heteroatoms. The van der Waals surface area contributed by atoms with E-state index in [1.54, 1.807) is 11.7 Å². The zero-order valence-corrected chi connectivity index (χ0v) is 13.4. The van der Waals surface area contributed by atoms with Gasteiger partial charge >= 0.3 is 0 Å². The number of hydrogen-bond donors (Lipinski definition) is 2. The zero-order valence-electron chi connectivity index (χ0n) is 10.9. The van der Waals surface area contributed by atoms with Crippen molar-refractivity contribution in [3.8, 4) is 0 Å². The number of thiazole rings is 1. The number of sulfonamides is 1. The van der Waals surface area contributed by atoms with Crippen LogP contribution < -0.4 is 10.5 Å². The Labute approximate surface area is 130 Å². The van der Waals surface area contributed by atoms with Crippen LogP contribution in [0.1, 0.15) is 9.75 Å². The molecule has 0 spiro atoms. The molecule has 110 valence electrons. The molecule has 0 saturated carbocycles. The van der Waals surface area contributed by atoms with Gasteiger partial charge in [0.25, 0.3) is 0 Å². The lowest BCUT2D eigenvalue weighted by Gasteiger charge is -2.06. The number of nitrogens with two attached hydrogens (primary N) is 1. The van der Waals surface area contributed by atoms with Crippen molar-refractivity contribution in [3.63, 3.8) is 0 Å². The second-order valence-electron chi connectivity index (χ2n) is 4.35. The molecule has 0 atom stereocenters. The van der Waals surface area contributed by atoms with Crippen molar-refractivity contribution in [2.24, 2.45) is 5.73 Å². The molecular formula is C13H13N3O2S3. The largest absolute Gasteiger partial charge is 0.326 e. The Kier molecular flexibility index (Phi) is 4.05. The van der Waals surface area contributed by atoms with Gasteiger partial charge in [-0.1, -0.05) is 18.2 Å². The number of benzene rings is 1. The summed E-state index contributed by atoms with van der Waals surface area (Å²) in [5, 5.41) is 0.722. The molecule has 3 aromatic rings. The summed E-state index contributed by atoms with van der Waals surface area (Å²) in [6, 6.07) is 7.44. The molecule has 3 N–H and O–H groups in total. The Morgan fingerprint density at radius 3 is 2.81 bits per heavy atom. The summed E-state index contributed by atoms with van der Waals surface area (Å²) in [5.74, 6) is 0. The van der Waals surface area contributed by atoms with Gasteiger partial charge in [-0.05, 0) is 6.07 Å². The van der Waals surface area contributed by atoms with E-state index < -0.39 is 10.0 Å². The zero-order chi connectivity index (χ0) is 14.9. The topological polar surface area (TPSA) is 85.1 Å². The lowest BCUT2D eigenvalue weighted by atomic mass is 10.2. The van der Waals surface area contributed by atoms with Crippen LogP contribution in [-0.2, 0) is 23.1 Å². The van der Waals surface area contributed by atoms with E-state index in [1.807, 2.05) is 24.3 Å². The maximum atomic E-state index is 12.6. The van der Waals surface area contributed by atoms with Crippen LogP contribution in [0, 0.1) is 0 Å². The van der Waals surface area contributed by atoms with Gasteiger partial charge in [-0.3, -0.25) is 4.98 Å². The first-order valence-corrected chi connectivity index (χ1v) is 9.37. The standard InChI is InChI=1S/C13H13N3O2S3/c14-5-12-13(10-3-1-2-4-11(10)20-12)21(17,18)16-7-9-6-15-8-19-9/h1-4,6,8,16H,5,7,14H2. The Morgan fingerprint density at radius 1 is 1.29 bits per heavy atom. The lowest BCUT2D eigenvalue weighted by molar-refractivity contribution is 0.582. The fourth-order valence-electron chi connectivity index (χ4n) is 2.07. The van der Waals surface area contributed by atoms with E-state index >= 15 is 0 Å². The summed E-state index contributed by atoms with van der Waals surface area (Å²) in [6.45, 7) is 0.442. The van der Waals surface area contributed by atoms with Crippen LogP contribution in [-0.4, -0.2) is 13.4 Å². The van der Waals surface area contributed by atoms with Crippen molar-refractivity contribution in [1.29, 1.82) is 0 Å². The molecule has 0 aliphatic heterocycles. The van der Waals surface area contributed by atoms with Crippen LogP contribution in [0.4, 0.5) is 0 Å². The number of nitrogens with zero attached hydrogens (tertiary/aromatic N) is 1. The van der Waals surface area contributed by atoms with Crippen molar-refractivity contribution >= 4 is 42.8 Å². The van der Waals surface area contributed by atoms with Gasteiger partial charge in [0, 0.05) is 39.1 Å². The van der Waals surface area contributed by atoms with E-state index in [-0.39, 0.29) is 13.1 Å². The normalized spacial score (nSPS) is 12.0. The molecular weight excluding hydrogens is 326 g/mol. The quantitative estimate of drug-likeness (QED) is 0.747. The van der Waals surface area contributed by atoms with E-state index in [0.717, 1.165) is 15.0 Å². The molecule has 0 aliphatic carbocycles. The van der Waals surface area contributed by atoms with Crippen LogP contribution in [0.15, 0.2) is 40.9 Å². The molecule has 0 fully saturated rings. The van der Waals surface area contributed by atoms with Crippen molar-refractivity contribution in [3.05, 3.63) is 45.7 Å². The molecule has 0 amide bonds. The molecule has 21 heavy (non-hydrogen) atoms. The number of aromatic nitrogens is 1. The summed E-state index contributed by atoms with van der Waals surface area (Å²) < 4.78 is 28.8. The van der Waals surface area contributed by atoms with Gasteiger partial charge in [0.1, 0.15) is 4.90 Å². The predicted octanol–water partition coefficient (Wildman–Crippen LogP) is 2.29. The number of thiophene rings is 1. The minimum absolute atomic E-state index is 0.205. The fourth-order valence-corrected chi connectivity index (χ4v) is 5.53. The molecule has 2 heterocycles. The Bertz CT molecular complexity index is 854. The molecule has 3 rings (SSSR count). The van der Waals surface area contributed by atoms with Gasteiger partial charge in [0.2, 0.25) is 10.0 Å². The average molecular weight is 339 g/mol. The Balaban J connectivity index is 2.01. The number of hydrogen-bond acceptors (Lipinski definition) is 6. The van der Waals surface area contributed by atoms with E-state index in [4.69, 9.17) is 5.73 Å². The van der Waals surface area contributed by atoms with Gasteiger partial charge in [0.15, 0.2) is 0 Å². The summed E-state index contributed by atoms with van der Waals surface area (Å²) in [4.78, 5) is 5.78. The van der Waals surface area contributed by atoms with Gasteiger partial charge in [-0.2, -0.15) is 0 Å². The van der Waals surface area contributed by atoms with Gasteiger partial charge in [-0.15, -0.1) is 22.7 Å². The van der Waals surface area contributed by atoms with Gasteiger partial charge in [-0.25, -0.2) is 13.1 Å². The van der Waals surface area contributed by atoms with Crippen LogP contribution in [0.3, 0.4) is 0 Å². The van der Waals surface area contributed by atoms with E-state index in [1.165, 1.54) is 22.7 Å². The van der Waals surface area contributed by atoms with Crippen LogP contribution in [0.25, 0.3) is 10.1 Å². The first-order chi connectivity index (χ1) is 10.1. The fraction of sp³-hybridized carbons (Fsp3) is 0.154. The molecule has 1 aromatic carbocycles. The third kappa shape index (κ3) is 2.85. The summed E-state index contributed by atoms with van der Waals surface area (Å²) >= 11 is 2.83. The average Bonchev–Trinajstić information content (AvgIpc) is 3.12. The van der Waals surface area contributed by atoms with Crippen molar-refractivity contribution < 1.29 is 8.42 Å². The first kappa shape index (κ1) is 14.6. The third-order valence-electron chi connectivity index (χ3n) is 2.99. The molecule has 0 unspecified atom stereocenters. The highest BCUT2D eigenvalue weighted by Crippen LogP contribution is 2.34. The van der Waals surface area contributed by atoms with Crippen LogP contribution in [0.5, 0.6) is 0 Å². The minimum Gasteiger partial charge on any atom is -0.326 e. The van der Waals surface area contributed by atoms with Gasteiger partial charge in [0.05, 0.1) is 5.51 Å². The maximum absolute atomic E-state index is 12.6. The predicted molar refractivity (Wildman–Crippen MR) is 85.9 cm³/mol. The second-order valence-corrected chi connectivity index (χ2v) is 8.16. The highest BCUT2D eigenvalue weighted by Gasteiger charge is 2.23. The van der Waals surface area contributed by atoms with Crippen molar-refractivity contribution in [2.75, 3.05) is 0 Å². The second kappa shape index (κ2) is 5.82. The highest BCUT2D eigenvalue weighted by molar-refractivity contribution is 7.90. The van der Waals surface area contributed by atoms with E-state index in [0.29, 0.717) is 9.77 Å². The molecule has 5 nitrogen and oxygen atoms in total. The molecule has 0 radical (unpaired) electrons. The van der Waals surface area contributed by atoms with Crippen LogP contribution >= 0.6 is 22.7 Å². The number of rotatable bonds is 5. The Morgan fingerprint density at radius 2 is 2.10 bits per heavy atom. The molecule has 2 aromatic heterocycles. The highest BCUT2D eigenvalue weighted by atomic mass is 32.2. The smallest absolute Gasteiger partial charge is 0.242 e. The van der Waals surface area contributed by atoms with Gasteiger partial charge < -0.3 is 5.73 Å².